The van der Waals surface area contributed by atoms with Crippen molar-refractivity contribution >= 4 is 10.1 Å². The molecule has 0 aliphatic rings. The first-order valence-corrected chi connectivity index (χ1v) is 6.92. The van der Waals surface area contributed by atoms with Gasteiger partial charge in [0.1, 0.15) is 5.75 Å². The van der Waals surface area contributed by atoms with Crippen LogP contribution in [0.2, 0.25) is 0 Å². The highest BCUT2D eigenvalue weighted by Gasteiger charge is 2.49. The molecule has 0 N–H and O–H groups in total. The van der Waals surface area contributed by atoms with Gasteiger partial charge in [-0.25, -0.2) is 0 Å². The van der Waals surface area contributed by atoms with Gasteiger partial charge < -0.3 is 4.18 Å². The van der Waals surface area contributed by atoms with Crippen molar-refractivity contribution in [3.8, 4) is 5.75 Å². The first kappa shape index (κ1) is 17.4. The highest BCUT2D eigenvalue weighted by molar-refractivity contribution is 7.88. The lowest BCUT2D eigenvalue weighted by Crippen LogP contribution is -2.29. The van der Waals surface area contributed by atoms with Crippen molar-refractivity contribution in [3.63, 3.8) is 0 Å². The van der Waals surface area contributed by atoms with E-state index in [2.05, 4.69) is 4.18 Å². The quantitative estimate of drug-likeness (QED) is 0.477. The topological polar surface area (TPSA) is 43.4 Å². The SMILES string of the molecule is CC(C)(C=C(F)F)c1ccccc1OS(=O)(=O)C(F)(F)F. The molecule has 0 bridgehead atoms. The van der Waals surface area contributed by atoms with Crippen LogP contribution in [-0.2, 0) is 15.5 Å². The molecule has 118 valence electrons. The molecule has 0 unspecified atom stereocenters. The number of rotatable bonds is 4. The van der Waals surface area contributed by atoms with E-state index < -0.39 is 32.9 Å². The van der Waals surface area contributed by atoms with Gasteiger partial charge in [-0.3, -0.25) is 0 Å². The van der Waals surface area contributed by atoms with Crippen LogP contribution in [0.1, 0.15) is 19.4 Å². The summed E-state index contributed by atoms with van der Waals surface area (Å²) in [7, 11) is -5.87. The predicted octanol–water partition coefficient (Wildman–Crippen LogP) is 3.97. The molecule has 3 nitrogen and oxygen atoms in total. The van der Waals surface area contributed by atoms with E-state index in [4.69, 9.17) is 0 Å². The molecule has 0 saturated heterocycles. The molecule has 1 aromatic rings. The number of benzene rings is 1. The second kappa shape index (κ2) is 5.63. The molecule has 1 aromatic carbocycles. The summed E-state index contributed by atoms with van der Waals surface area (Å²) >= 11 is 0. The summed E-state index contributed by atoms with van der Waals surface area (Å²) in [6.45, 7) is 2.57. The van der Waals surface area contributed by atoms with Crippen LogP contribution in [0.4, 0.5) is 22.0 Å². The van der Waals surface area contributed by atoms with Crippen LogP contribution in [0.15, 0.2) is 36.4 Å². The smallest absolute Gasteiger partial charge is 0.376 e. The standard InChI is InChI=1S/C12H11F5O3S/c1-11(2,7-10(13)14)8-5-3-4-6-9(8)20-21(18,19)12(15,16)17/h3-7H,1-2H3. The molecule has 1 rings (SSSR count). The van der Waals surface area contributed by atoms with Crippen molar-refractivity contribution in [2.24, 2.45) is 0 Å². The lowest BCUT2D eigenvalue weighted by atomic mass is 9.84. The minimum absolute atomic E-state index is 0.120. The Labute approximate surface area is 118 Å². The zero-order valence-electron chi connectivity index (χ0n) is 10.9. The largest absolute Gasteiger partial charge is 0.534 e. The van der Waals surface area contributed by atoms with Gasteiger partial charge in [-0.1, -0.05) is 32.0 Å². The minimum Gasteiger partial charge on any atom is -0.376 e. The summed E-state index contributed by atoms with van der Waals surface area (Å²) in [5, 5.41) is 0. The van der Waals surface area contributed by atoms with Crippen molar-refractivity contribution in [1.82, 2.24) is 0 Å². The molecule has 0 atom stereocenters. The monoisotopic (exact) mass is 330 g/mol. The molecule has 0 amide bonds. The first-order chi connectivity index (χ1) is 9.37. The summed E-state index contributed by atoms with van der Waals surface area (Å²) in [5.74, 6) is -0.655. The molecule has 0 heterocycles. The van der Waals surface area contributed by atoms with E-state index in [9.17, 15) is 30.4 Å². The molecule has 0 fully saturated rings. The molecule has 0 aliphatic carbocycles. The Kier molecular flexibility index (Phi) is 4.66. The van der Waals surface area contributed by atoms with Gasteiger partial charge in [-0.2, -0.15) is 30.4 Å². The fraction of sp³-hybridized carbons (Fsp3) is 0.333. The van der Waals surface area contributed by atoms with Gasteiger partial charge in [0.15, 0.2) is 0 Å². The lowest BCUT2D eigenvalue weighted by Gasteiger charge is -2.23. The maximum Gasteiger partial charge on any atom is 0.534 e. The third kappa shape index (κ3) is 4.16. The van der Waals surface area contributed by atoms with E-state index in [0.29, 0.717) is 6.08 Å². The lowest BCUT2D eigenvalue weighted by molar-refractivity contribution is -0.0500. The summed E-state index contributed by atoms with van der Waals surface area (Å²) in [6.07, 6.45) is -1.55. The molecular formula is C12H11F5O3S. The van der Waals surface area contributed by atoms with Gasteiger partial charge in [-0.15, -0.1) is 0 Å². The Balaban J connectivity index is 3.33. The molecule has 0 radical (unpaired) electrons. The van der Waals surface area contributed by atoms with E-state index in [0.717, 1.165) is 6.07 Å². The Morgan fingerprint density at radius 2 is 1.67 bits per heavy atom. The second-order valence-corrected chi connectivity index (χ2v) is 6.17. The second-order valence-electron chi connectivity index (χ2n) is 4.64. The van der Waals surface area contributed by atoms with Crippen molar-refractivity contribution in [3.05, 3.63) is 42.0 Å². The highest BCUT2D eigenvalue weighted by Crippen LogP contribution is 2.36. The van der Waals surface area contributed by atoms with Crippen LogP contribution in [0.25, 0.3) is 0 Å². The van der Waals surface area contributed by atoms with E-state index in [1.165, 1.54) is 32.0 Å². The van der Waals surface area contributed by atoms with Gasteiger partial charge in [0, 0.05) is 11.0 Å². The zero-order chi connectivity index (χ0) is 16.5. The average Bonchev–Trinajstić information content (AvgIpc) is 2.25. The Morgan fingerprint density at radius 3 is 2.14 bits per heavy atom. The third-order valence-electron chi connectivity index (χ3n) is 2.53. The summed E-state index contributed by atoms with van der Waals surface area (Å²) in [4.78, 5) is 0. The Morgan fingerprint density at radius 1 is 1.14 bits per heavy atom. The van der Waals surface area contributed by atoms with Crippen LogP contribution < -0.4 is 4.18 Å². The molecule has 0 saturated carbocycles. The summed E-state index contributed by atoms with van der Waals surface area (Å²) < 4.78 is 87.8. The van der Waals surface area contributed by atoms with Crippen molar-refractivity contribution in [1.29, 1.82) is 0 Å². The molecule has 0 spiro atoms. The zero-order valence-corrected chi connectivity index (χ0v) is 11.7. The fourth-order valence-electron chi connectivity index (χ4n) is 1.59. The molecular weight excluding hydrogens is 319 g/mol. The van der Waals surface area contributed by atoms with Gasteiger partial charge in [0.2, 0.25) is 0 Å². The molecule has 0 aromatic heterocycles. The van der Waals surface area contributed by atoms with E-state index in [-0.39, 0.29) is 5.56 Å². The summed E-state index contributed by atoms with van der Waals surface area (Å²) in [6, 6.07) is 4.77. The summed E-state index contributed by atoms with van der Waals surface area (Å²) in [5.41, 5.74) is -7.15. The number of hydrogen-bond donors (Lipinski definition) is 0. The Bertz CT molecular complexity index is 643. The van der Waals surface area contributed by atoms with Gasteiger partial charge in [0.05, 0.1) is 0 Å². The van der Waals surface area contributed by atoms with Crippen LogP contribution in [0.3, 0.4) is 0 Å². The number of allylic oxidation sites excluding steroid dienone is 1. The highest BCUT2D eigenvalue weighted by atomic mass is 32.2. The maximum atomic E-state index is 12.4. The van der Waals surface area contributed by atoms with Gasteiger partial charge >= 0.3 is 15.6 Å². The number of hydrogen-bond acceptors (Lipinski definition) is 3. The third-order valence-corrected chi connectivity index (χ3v) is 3.50. The van der Waals surface area contributed by atoms with E-state index >= 15 is 0 Å². The predicted molar refractivity (Wildman–Crippen MR) is 65.4 cm³/mol. The van der Waals surface area contributed by atoms with E-state index in [1.807, 2.05) is 0 Å². The van der Waals surface area contributed by atoms with Crippen molar-refractivity contribution in [2.75, 3.05) is 0 Å². The Hall–Kier alpha value is -1.64. The first-order valence-electron chi connectivity index (χ1n) is 5.51. The number of alkyl halides is 3. The van der Waals surface area contributed by atoms with Crippen LogP contribution in [-0.4, -0.2) is 13.9 Å². The maximum absolute atomic E-state index is 12.4. The van der Waals surface area contributed by atoms with Crippen LogP contribution >= 0.6 is 0 Å². The van der Waals surface area contributed by atoms with Crippen molar-refractivity contribution < 1.29 is 34.6 Å². The number of halogens is 5. The molecule has 0 aliphatic heterocycles. The van der Waals surface area contributed by atoms with Gasteiger partial charge in [-0.05, 0) is 12.1 Å². The van der Waals surface area contributed by atoms with E-state index in [1.54, 1.807) is 0 Å². The molecule has 9 heteroatoms. The van der Waals surface area contributed by atoms with Gasteiger partial charge in [0.25, 0.3) is 6.08 Å². The molecule has 21 heavy (non-hydrogen) atoms. The fourth-order valence-corrected chi connectivity index (χ4v) is 2.06. The average molecular weight is 330 g/mol. The van der Waals surface area contributed by atoms with Crippen molar-refractivity contribution in [2.45, 2.75) is 24.8 Å². The number of para-hydroxylation sites is 1. The normalized spacial score (nSPS) is 12.9. The van der Waals surface area contributed by atoms with Crippen LogP contribution in [0, 0.1) is 0 Å². The van der Waals surface area contributed by atoms with Crippen LogP contribution in [0.5, 0.6) is 5.75 Å². The minimum atomic E-state index is -5.87.